The summed E-state index contributed by atoms with van der Waals surface area (Å²) in [6.07, 6.45) is 0. The molecule has 0 bridgehead atoms. The number of hydrogen-bond donors (Lipinski definition) is 1. The van der Waals surface area contributed by atoms with Crippen molar-refractivity contribution < 1.29 is 19.1 Å². The molecule has 0 spiro atoms. The average Bonchev–Trinajstić information content (AvgIpc) is 2.78. The third kappa shape index (κ3) is 2.04. The second kappa shape index (κ2) is 5.10. The molecule has 1 N–H and O–H groups in total. The number of rotatable bonds is 4. The van der Waals surface area contributed by atoms with Crippen molar-refractivity contribution in [3.63, 3.8) is 0 Å². The fraction of sp³-hybridized carbons (Fsp3) is 0.308. The zero-order valence-electron chi connectivity index (χ0n) is 10.6. The Morgan fingerprint density at radius 2 is 1.94 bits per heavy atom. The van der Waals surface area contributed by atoms with Gasteiger partial charge in [-0.05, 0) is 25.1 Å². The van der Waals surface area contributed by atoms with E-state index in [1.54, 1.807) is 33.3 Å². The van der Waals surface area contributed by atoms with E-state index >= 15 is 0 Å². The minimum absolute atomic E-state index is 0.112. The minimum atomic E-state index is -0.112. The van der Waals surface area contributed by atoms with Gasteiger partial charge in [-0.1, -0.05) is 5.16 Å². The number of methoxy groups -OCH3 is 2. The Morgan fingerprint density at radius 3 is 2.56 bits per heavy atom. The van der Waals surface area contributed by atoms with Crippen LogP contribution in [0.25, 0.3) is 11.3 Å². The van der Waals surface area contributed by atoms with E-state index in [-0.39, 0.29) is 6.61 Å². The molecule has 2 rings (SSSR count). The maximum atomic E-state index is 9.32. The molecule has 2 aromatic rings. The predicted molar refractivity (Wildman–Crippen MR) is 65.7 cm³/mol. The lowest BCUT2D eigenvalue weighted by Crippen LogP contribution is -1.92. The van der Waals surface area contributed by atoms with Gasteiger partial charge in [0.2, 0.25) is 0 Å². The normalized spacial score (nSPS) is 10.4. The topological polar surface area (TPSA) is 64.7 Å². The van der Waals surface area contributed by atoms with Gasteiger partial charge in [0, 0.05) is 11.1 Å². The van der Waals surface area contributed by atoms with Crippen molar-refractivity contribution in [3.05, 3.63) is 29.5 Å². The van der Waals surface area contributed by atoms with Gasteiger partial charge in [0.15, 0.2) is 11.5 Å². The van der Waals surface area contributed by atoms with E-state index in [9.17, 15) is 5.11 Å². The number of hydrogen-bond acceptors (Lipinski definition) is 5. The van der Waals surface area contributed by atoms with Crippen LogP contribution in [0.2, 0.25) is 0 Å². The van der Waals surface area contributed by atoms with Crippen molar-refractivity contribution in [2.45, 2.75) is 13.5 Å². The van der Waals surface area contributed by atoms with Gasteiger partial charge in [-0.15, -0.1) is 0 Å². The van der Waals surface area contributed by atoms with Crippen molar-refractivity contribution in [3.8, 4) is 22.8 Å². The lowest BCUT2D eigenvalue weighted by atomic mass is 10.1. The van der Waals surface area contributed by atoms with Crippen LogP contribution < -0.4 is 9.47 Å². The van der Waals surface area contributed by atoms with Crippen LogP contribution in [0.15, 0.2) is 22.7 Å². The van der Waals surface area contributed by atoms with Crippen molar-refractivity contribution in [2.24, 2.45) is 0 Å². The lowest BCUT2D eigenvalue weighted by molar-refractivity contribution is 0.278. The van der Waals surface area contributed by atoms with E-state index < -0.39 is 0 Å². The van der Waals surface area contributed by atoms with Crippen LogP contribution in [0.5, 0.6) is 11.5 Å². The fourth-order valence-corrected chi connectivity index (χ4v) is 1.79. The number of aromatic nitrogens is 1. The van der Waals surface area contributed by atoms with Crippen molar-refractivity contribution in [2.75, 3.05) is 14.2 Å². The van der Waals surface area contributed by atoms with Crippen LogP contribution in [0.3, 0.4) is 0 Å². The molecule has 0 radical (unpaired) electrons. The van der Waals surface area contributed by atoms with Gasteiger partial charge in [-0.25, -0.2) is 0 Å². The Labute approximate surface area is 105 Å². The fourth-order valence-electron chi connectivity index (χ4n) is 1.79. The smallest absolute Gasteiger partial charge is 0.161 e. The molecule has 1 heterocycles. The molecule has 1 aromatic carbocycles. The highest BCUT2D eigenvalue weighted by molar-refractivity contribution is 5.67. The Bertz CT molecular complexity index is 548. The van der Waals surface area contributed by atoms with E-state index in [1.165, 1.54) is 0 Å². The van der Waals surface area contributed by atoms with E-state index in [4.69, 9.17) is 14.0 Å². The Kier molecular flexibility index (Phi) is 3.53. The Hall–Kier alpha value is -2.01. The largest absolute Gasteiger partial charge is 0.493 e. The number of aliphatic hydroxyl groups is 1. The Balaban J connectivity index is 2.50. The molecule has 0 atom stereocenters. The molecule has 0 saturated carbocycles. The maximum absolute atomic E-state index is 9.32. The highest BCUT2D eigenvalue weighted by Crippen LogP contribution is 2.33. The summed E-state index contributed by atoms with van der Waals surface area (Å²) in [6, 6.07) is 5.44. The van der Waals surface area contributed by atoms with Gasteiger partial charge in [0.05, 0.1) is 20.8 Å². The molecule has 0 saturated heterocycles. The summed E-state index contributed by atoms with van der Waals surface area (Å²) in [5.41, 5.74) is 2.12. The Morgan fingerprint density at radius 1 is 1.22 bits per heavy atom. The van der Waals surface area contributed by atoms with Gasteiger partial charge < -0.3 is 19.1 Å². The van der Waals surface area contributed by atoms with Crippen molar-refractivity contribution >= 4 is 0 Å². The summed E-state index contributed by atoms with van der Waals surface area (Å²) < 4.78 is 15.5. The van der Waals surface area contributed by atoms with Crippen molar-refractivity contribution in [1.29, 1.82) is 0 Å². The summed E-state index contributed by atoms with van der Waals surface area (Å²) >= 11 is 0. The van der Waals surface area contributed by atoms with Gasteiger partial charge in [0.25, 0.3) is 0 Å². The number of aliphatic hydroxyl groups excluding tert-OH is 1. The summed E-state index contributed by atoms with van der Waals surface area (Å²) in [4.78, 5) is 0. The number of ether oxygens (including phenoxy) is 2. The SMILES string of the molecule is COc1ccc(-c2noc(C)c2CO)cc1OC. The summed E-state index contributed by atoms with van der Waals surface area (Å²) in [6.45, 7) is 1.65. The quantitative estimate of drug-likeness (QED) is 0.899. The highest BCUT2D eigenvalue weighted by Gasteiger charge is 2.15. The van der Waals surface area contributed by atoms with Gasteiger partial charge in [-0.2, -0.15) is 0 Å². The monoisotopic (exact) mass is 249 g/mol. The molecule has 0 unspecified atom stereocenters. The zero-order chi connectivity index (χ0) is 13.1. The van der Waals surface area contributed by atoms with E-state index in [0.29, 0.717) is 28.5 Å². The predicted octanol–water partition coefficient (Wildman–Crippen LogP) is 2.16. The van der Waals surface area contributed by atoms with E-state index in [2.05, 4.69) is 5.16 Å². The molecule has 0 amide bonds. The summed E-state index contributed by atoms with van der Waals surface area (Å²) in [7, 11) is 3.15. The number of nitrogens with zero attached hydrogens (tertiary/aromatic N) is 1. The molecular weight excluding hydrogens is 234 g/mol. The van der Waals surface area contributed by atoms with E-state index in [1.807, 2.05) is 6.07 Å². The van der Waals surface area contributed by atoms with Crippen LogP contribution in [-0.4, -0.2) is 24.5 Å². The number of benzene rings is 1. The van der Waals surface area contributed by atoms with Gasteiger partial charge in [0.1, 0.15) is 11.5 Å². The molecule has 0 aliphatic heterocycles. The zero-order valence-corrected chi connectivity index (χ0v) is 10.6. The minimum Gasteiger partial charge on any atom is -0.493 e. The van der Waals surface area contributed by atoms with Gasteiger partial charge in [-0.3, -0.25) is 0 Å². The molecule has 5 nitrogen and oxygen atoms in total. The van der Waals surface area contributed by atoms with Crippen LogP contribution in [0.4, 0.5) is 0 Å². The second-order valence-corrected chi connectivity index (χ2v) is 3.79. The first-order valence-electron chi connectivity index (χ1n) is 5.49. The van der Waals surface area contributed by atoms with Crippen LogP contribution in [0.1, 0.15) is 11.3 Å². The molecular formula is C13H15NO4. The van der Waals surface area contributed by atoms with Crippen LogP contribution in [0, 0.1) is 6.92 Å². The third-order valence-electron chi connectivity index (χ3n) is 2.80. The molecule has 1 aromatic heterocycles. The molecule has 96 valence electrons. The van der Waals surface area contributed by atoms with Crippen LogP contribution >= 0.6 is 0 Å². The summed E-state index contributed by atoms with van der Waals surface area (Å²) in [5, 5.41) is 13.3. The molecule has 5 heteroatoms. The summed E-state index contributed by atoms with van der Waals surface area (Å²) in [5.74, 6) is 1.87. The average molecular weight is 249 g/mol. The lowest BCUT2D eigenvalue weighted by Gasteiger charge is -2.08. The third-order valence-corrected chi connectivity index (χ3v) is 2.80. The molecule has 0 fully saturated rings. The number of aryl methyl sites for hydroxylation is 1. The first-order valence-corrected chi connectivity index (χ1v) is 5.49. The van der Waals surface area contributed by atoms with E-state index in [0.717, 1.165) is 5.56 Å². The van der Waals surface area contributed by atoms with Gasteiger partial charge >= 0.3 is 0 Å². The second-order valence-electron chi connectivity index (χ2n) is 3.79. The maximum Gasteiger partial charge on any atom is 0.161 e. The molecule has 0 aliphatic carbocycles. The first-order chi connectivity index (χ1) is 8.71. The van der Waals surface area contributed by atoms with Crippen molar-refractivity contribution in [1.82, 2.24) is 5.16 Å². The molecule has 0 aliphatic rings. The standard InChI is InChI=1S/C13H15NO4/c1-8-10(7-15)13(14-18-8)9-4-5-11(16-2)12(6-9)17-3/h4-6,15H,7H2,1-3H3. The van der Waals surface area contributed by atoms with Crippen LogP contribution in [-0.2, 0) is 6.61 Å². The first kappa shape index (κ1) is 12.4. The highest BCUT2D eigenvalue weighted by atomic mass is 16.5. The molecule has 18 heavy (non-hydrogen) atoms.